The van der Waals surface area contributed by atoms with Crippen LogP contribution in [-0.2, 0) is 0 Å². The number of hydrogen-bond acceptors (Lipinski definition) is 7. The summed E-state index contributed by atoms with van der Waals surface area (Å²) in [5.41, 5.74) is 0.671. The summed E-state index contributed by atoms with van der Waals surface area (Å²) in [5.74, 6) is -0.0774. The first-order valence-electron chi connectivity index (χ1n) is 7.34. The average Bonchev–Trinajstić information content (AvgIpc) is 3.02. The van der Waals surface area contributed by atoms with Crippen molar-refractivity contribution < 1.29 is 14.8 Å². The number of nitro benzene ring substituents is 1. The molecule has 0 spiro atoms. The first kappa shape index (κ1) is 17.3. The largest absolute Gasteiger partial charge is 0.500 e. The van der Waals surface area contributed by atoms with E-state index in [9.17, 15) is 15.2 Å². The Morgan fingerprint density at radius 2 is 2.12 bits per heavy atom. The first-order valence-corrected chi connectivity index (χ1v) is 7.74. The number of rotatable bonds is 5. The zero-order valence-corrected chi connectivity index (χ0v) is 14.3. The highest BCUT2D eigenvalue weighted by Gasteiger charge is 2.19. The molecule has 26 heavy (non-hydrogen) atoms. The number of aromatic hydroxyl groups is 1. The molecule has 2 N–H and O–H groups in total. The summed E-state index contributed by atoms with van der Waals surface area (Å²) in [6.45, 7) is 0. The molecule has 10 heteroatoms. The van der Waals surface area contributed by atoms with Gasteiger partial charge in [0.05, 0.1) is 18.2 Å². The van der Waals surface area contributed by atoms with Crippen LogP contribution in [0.5, 0.6) is 11.5 Å². The monoisotopic (exact) mass is 371 g/mol. The second-order valence-electron chi connectivity index (χ2n) is 5.12. The fourth-order valence-corrected chi connectivity index (χ4v) is 2.46. The molecule has 0 radical (unpaired) electrons. The van der Waals surface area contributed by atoms with Crippen LogP contribution in [0.4, 0.5) is 5.69 Å². The van der Waals surface area contributed by atoms with Gasteiger partial charge < -0.3 is 9.84 Å². The smallest absolute Gasteiger partial charge is 0.315 e. The molecule has 3 rings (SSSR count). The number of methoxy groups -OCH3 is 1. The van der Waals surface area contributed by atoms with Crippen LogP contribution in [0, 0.1) is 14.9 Å². The van der Waals surface area contributed by atoms with Gasteiger partial charge in [0.2, 0.25) is 10.5 Å². The number of H-pyrrole nitrogens is 1. The van der Waals surface area contributed by atoms with Gasteiger partial charge in [-0.15, -0.1) is 0 Å². The Bertz CT molecular complexity index is 1040. The summed E-state index contributed by atoms with van der Waals surface area (Å²) in [6, 6.07) is 11.9. The van der Waals surface area contributed by atoms with Crippen molar-refractivity contribution >= 4 is 24.1 Å². The molecule has 2 aromatic carbocycles. The fraction of sp³-hybridized carbons (Fsp3) is 0.0625. The van der Waals surface area contributed by atoms with Crippen molar-refractivity contribution in [3.05, 3.63) is 62.9 Å². The Kier molecular flexibility index (Phi) is 4.76. The number of nitrogens with one attached hydrogen (secondary N) is 1. The molecule has 9 nitrogen and oxygen atoms in total. The third kappa shape index (κ3) is 3.30. The van der Waals surface area contributed by atoms with Crippen molar-refractivity contribution in [3.8, 4) is 22.9 Å². The van der Waals surface area contributed by atoms with Gasteiger partial charge >= 0.3 is 5.69 Å². The minimum atomic E-state index is -0.700. The van der Waals surface area contributed by atoms with E-state index in [1.807, 2.05) is 30.3 Å². The van der Waals surface area contributed by atoms with Crippen LogP contribution in [0.2, 0.25) is 0 Å². The van der Waals surface area contributed by atoms with Crippen LogP contribution in [0.3, 0.4) is 0 Å². The molecule has 0 aliphatic heterocycles. The highest BCUT2D eigenvalue weighted by molar-refractivity contribution is 7.71. The molecule has 0 aliphatic rings. The molecule has 0 fully saturated rings. The number of phenolic OH excluding ortho intramolecular Hbond substituents is 1. The molecule has 0 atom stereocenters. The Morgan fingerprint density at radius 1 is 1.38 bits per heavy atom. The van der Waals surface area contributed by atoms with E-state index in [1.165, 1.54) is 30.1 Å². The molecular formula is C16H13N5O4S. The minimum Gasteiger partial charge on any atom is -0.500 e. The maximum Gasteiger partial charge on any atom is 0.315 e. The van der Waals surface area contributed by atoms with E-state index in [1.54, 1.807) is 0 Å². The van der Waals surface area contributed by atoms with Crippen molar-refractivity contribution in [1.29, 1.82) is 0 Å². The molecule has 0 bridgehead atoms. The quantitative estimate of drug-likeness (QED) is 0.308. The van der Waals surface area contributed by atoms with E-state index in [0.717, 1.165) is 5.56 Å². The lowest BCUT2D eigenvalue weighted by molar-refractivity contribution is -0.386. The van der Waals surface area contributed by atoms with Crippen molar-refractivity contribution in [1.82, 2.24) is 14.9 Å². The van der Waals surface area contributed by atoms with E-state index >= 15 is 0 Å². The van der Waals surface area contributed by atoms with Gasteiger partial charge in [0.25, 0.3) is 0 Å². The van der Waals surface area contributed by atoms with Crippen LogP contribution >= 0.6 is 12.2 Å². The van der Waals surface area contributed by atoms with Crippen LogP contribution in [0.15, 0.2) is 47.6 Å². The van der Waals surface area contributed by atoms with Crippen molar-refractivity contribution in [2.45, 2.75) is 0 Å². The number of nitro groups is 1. The average molecular weight is 371 g/mol. The predicted octanol–water partition coefficient (Wildman–Crippen LogP) is 3.11. The van der Waals surface area contributed by atoms with E-state index < -0.39 is 16.4 Å². The number of benzene rings is 2. The number of aromatic amines is 1. The Labute approximate surface area is 152 Å². The van der Waals surface area contributed by atoms with Crippen LogP contribution in [0.1, 0.15) is 5.56 Å². The lowest BCUT2D eigenvalue weighted by atomic mass is 10.2. The number of phenols is 1. The van der Waals surface area contributed by atoms with Crippen molar-refractivity contribution in [3.63, 3.8) is 0 Å². The molecule has 132 valence electrons. The second-order valence-corrected chi connectivity index (χ2v) is 5.51. The van der Waals surface area contributed by atoms with Crippen LogP contribution in [0.25, 0.3) is 11.4 Å². The molecule has 0 saturated heterocycles. The highest BCUT2D eigenvalue weighted by Crippen LogP contribution is 2.36. The zero-order valence-electron chi connectivity index (χ0n) is 13.5. The Hall–Kier alpha value is -3.53. The van der Waals surface area contributed by atoms with E-state index in [0.29, 0.717) is 11.4 Å². The van der Waals surface area contributed by atoms with Crippen molar-refractivity contribution in [2.24, 2.45) is 5.10 Å². The van der Waals surface area contributed by atoms with E-state index in [2.05, 4.69) is 15.3 Å². The Balaban J connectivity index is 2.04. The number of ether oxygens (including phenoxy) is 1. The van der Waals surface area contributed by atoms with Gasteiger partial charge in [0.15, 0.2) is 11.6 Å². The lowest BCUT2D eigenvalue weighted by Gasteiger charge is -2.05. The molecule has 0 aliphatic carbocycles. The number of aromatic nitrogens is 3. The van der Waals surface area contributed by atoms with Crippen LogP contribution < -0.4 is 4.74 Å². The Morgan fingerprint density at radius 3 is 2.77 bits per heavy atom. The summed E-state index contributed by atoms with van der Waals surface area (Å²) in [4.78, 5) is 10.4. The van der Waals surface area contributed by atoms with Gasteiger partial charge in [0, 0.05) is 17.2 Å². The summed E-state index contributed by atoms with van der Waals surface area (Å²) >= 11 is 5.18. The molecule has 0 amide bonds. The fourth-order valence-electron chi connectivity index (χ4n) is 2.28. The molecule has 0 unspecified atom stereocenters. The van der Waals surface area contributed by atoms with Gasteiger partial charge in [-0.05, 0) is 18.3 Å². The lowest BCUT2D eigenvalue weighted by Crippen LogP contribution is -1.97. The predicted molar refractivity (Wildman–Crippen MR) is 97.2 cm³/mol. The number of nitrogens with zero attached hydrogens (tertiary/aromatic N) is 4. The minimum absolute atomic E-state index is 0.0280. The molecular weight excluding hydrogens is 358 g/mol. The van der Waals surface area contributed by atoms with Gasteiger partial charge in [-0.1, -0.05) is 30.3 Å². The van der Waals surface area contributed by atoms with Crippen molar-refractivity contribution in [2.75, 3.05) is 7.11 Å². The maximum absolute atomic E-state index is 11.1. The van der Waals surface area contributed by atoms with Gasteiger partial charge in [-0.2, -0.15) is 14.9 Å². The summed E-state index contributed by atoms with van der Waals surface area (Å²) < 4.78 is 6.63. The second kappa shape index (κ2) is 7.15. The van der Waals surface area contributed by atoms with E-state index in [-0.39, 0.29) is 10.5 Å². The molecule has 1 aromatic heterocycles. The standard InChI is InChI=1S/C16H13N5O4S/c1-25-13-8-10(7-12(14(13)22)21(23)24)9-17-20-15(18-19-16(20)26)11-5-3-2-4-6-11/h2-9,22H,1H3,(H,19,26)/b17-9-. The normalized spacial score (nSPS) is 11.0. The molecule has 3 aromatic rings. The van der Waals surface area contributed by atoms with E-state index in [4.69, 9.17) is 17.0 Å². The van der Waals surface area contributed by atoms with Gasteiger partial charge in [-0.25, -0.2) is 5.10 Å². The van der Waals surface area contributed by atoms with Gasteiger partial charge in [-0.3, -0.25) is 10.1 Å². The topological polar surface area (TPSA) is 119 Å². The molecule has 0 saturated carbocycles. The SMILES string of the molecule is COc1cc(/C=N\n2c(-c3ccccc3)n[nH]c2=S)cc([N+](=O)[O-])c1O. The first-order chi connectivity index (χ1) is 12.5. The zero-order chi connectivity index (χ0) is 18.7. The summed E-state index contributed by atoms with van der Waals surface area (Å²) in [5, 5.41) is 32.0. The van der Waals surface area contributed by atoms with Crippen LogP contribution in [-0.4, -0.2) is 38.2 Å². The third-order valence-corrected chi connectivity index (χ3v) is 3.76. The maximum atomic E-state index is 11.1. The third-order valence-electron chi connectivity index (χ3n) is 3.50. The molecule has 1 heterocycles. The summed E-state index contributed by atoms with van der Waals surface area (Å²) in [7, 11) is 1.30. The number of hydrogen-bond donors (Lipinski definition) is 2. The highest BCUT2D eigenvalue weighted by atomic mass is 32.1. The van der Waals surface area contributed by atoms with Gasteiger partial charge in [0.1, 0.15) is 0 Å². The summed E-state index contributed by atoms with van der Waals surface area (Å²) in [6.07, 6.45) is 1.37.